The Morgan fingerprint density at radius 2 is 1.52 bits per heavy atom. The second-order valence-electron chi connectivity index (χ2n) is 8.50. The first kappa shape index (κ1) is 19.8. The molecular formula is C27H27NO3. The highest BCUT2D eigenvalue weighted by molar-refractivity contribution is 5.79. The van der Waals surface area contributed by atoms with Crippen LogP contribution >= 0.6 is 0 Å². The molecule has 1 aliphatic carbocycles. The fourth-order valence-corrected chi connectivity index (χ4v) is 5.21. The number of rotatable bonds is 4. The summed E-state index contributed by atoms with van der Waals surface area (Å²) in [5.74, 6) is 0.354. The maximum Gasteiger partial charge on any atom is 0.409 e. The molecule has 0 radical (unpaired) electrons. The second kappa shape index (κ2) is 8.56. The van der Waals surface area contributed by atoms with Crippen LogP contribution in [0.1, 0.15) is 34.9 Å². The van der Waals surface area contributed by atoms with E-state index >= 15 is 0 Å². The highest BCUT2D eigenvalue weighted by Crippen LogP contribution is 2.44. The van der Waals surface area contributed by atoms with Crippen molar-refractivity contribution in [1.82, 2.24) is 4.90 Å². The van der Waals surface area contributed by atoms with Crippen molar-refractivity contribution in [2.24, 2.45) is 5.92 Å². The summed E-state index contributed by atoms with van der Waals surface area (Å²) >= 11 is 0. The van der Waals surface area contributed by atoms with Crippen molar-refractivity contribution in [3.05, 3.63) is 95.6 Å². The van der Waals surface area contributed by atoms with Gasteiger partial charge in [-0.25, -0.2) is 4.79 Å². The standard InChI is InChI=1S/C27H27NO3/c29-17-20-16-28(15-14-21(20)19-8-2-1-3-9-19)27(30)31-18-26-24-12-6-4-10-22(24)23-11-5-7-13-25(23)26/h1-13,20-21,26,29H,14-18H2/t20-,21+/m0/s1. The molecule has 1 fully saturated rings. The number of likely N-dealkylation sites (tertiary alicyclic amines) is 1. The van der Waals surface area contributed by atoms with Gasteiger partial charge in [0.15, 0.2) is 0 Å². The molecule has 1 N–H and O–H groups in total. The van der Waals surface area contributed by atoms with E-state index in [0.717, 1.165) is 6.42 Å². The zero-order valence-corrected chi connectivity index (χ0v) is 17.5. The fraction of sp³-hybridized carbons (Fsp3) is 0.296. The van der Waals surface area contributed by atoms with Crippen LogP contribution < -0.4 is 0 Å². The number of amides is 1. The number of benzene rings is 3. The van der Waals surface area contributed by atoms with E-state index in [-0.39, 0.29) is 30.5 Å². The van der Waals surface area contributed by atoms with Crippen LogP contribution in [0.4, 0.5) is 4.79 Å². The van der Waals surface area contributed by atoms with Crippen molar-refractivity contribution in [2.75, 3.05) is 26.3 Å². The van der Waals surface area contributed by atoms with E-state index in [2.05, 4.69) is 48.5 Å². The van der Waals surface area contributed by atoms with E-state index < -0.39 is 0 Å². The fourth-order valence-electron chi connectivity index (χ4n) is 5.21. The Bertz CT molecular complexity index is 1020. The van der Waals surface area contributed by atoms with E-state index in [9.17, 15) is 9.90 Å². The lowest BCUT2D eigenvalue weighted by Crippen LogP contribution is -2.44. The van der Waals surface area contributed by atoms with Gasteiger partial charge in [0.1, 0.15) is 6.61 Å². The monoisotopic (exact) mass is 413 g/mol. The SMILES string of the molecule is O=C(OCC1c2ccccc2-c2ccccc21)N1CC[C@H](c2ccccc2)[C@H](CO)C1. The zero-order chi connectivity index (χ0) is 21.2. The van der Waals surface area contributed by atoms with Gasteiger partial charge in [0, 0.05) is 31.5 Å². The number of ether oxygens (including phenoxy) is 1. The minimum atomic E-state index is -0.285. The van der Waals surface area contributed by atoms with Crippen LogP contribution in [0.2, 0.25) is 0 Å². The molecule has 0 unspecified atom stereocenters. The predicted molar refractivity (Wildman–Crippen MR) is 121 cm³/mol. The number of piperidine rings is 1. The minimum Gasteiger partial charge on any atom is -0.448 e. The number of aliphatic hydroxyl groups is 1. The number of aliphatic hydroxyl groups excluding tert-OH is 1. The first-order chi connectivity index (χ1) is 15.3. The van der Waals surface area contributed by atoms with E-state index in [1.807, 2.05) is 30.3 Å². The summed E-state index contributed by atoms with van der Waals surface area (Å²) in [4.78, 5) is 14.7. The van der Waals surface area contributed by atoms with Crippen molar-refractivity contribution in [3.8, 4) is 11.1 Å². The molecule has 5 rings (SSSR count). The van der Waals surface area contributed by atoms with Crippen molar-refractivity contribution in [3.63, 3.8) is 0 Å². The molecular weight excluding hydrogens is 386 g/mol. The van der Waals surface area contributed by atoms with Gasteiger partial charge in [0.25, 0.3) is 0 Å². The van der Waals surface area contributed by atoms with E-state index in [1.54, 1.807) is 4.90 Å². The summed E-state index contributed by atoms with van der Waals surface area (Å²) in [5.41, 5.74) is 6.11. The van der Waals surface area contributed by atoms with Gasteiger partial charge >= 0.3 is 6.09 Å². The zero-order valence-electron chi connectivity index (χ0n) is 17.5. The number of nitrogens with zero attached hydrogens (tertiary/aromatic N) is 1. The molecule has 1 amide bonds. The van der Waals surface area contributed by atoms with Crippen LogP contribution in [-0.2, 0) is 4.74 Å². The van der Waals surface area contributed by atoms with Gasteiger partial charge in [0.05, 0.1) is 0 Å². The number of hydrogen-bond donors (Lipinski definition) is 1. The van der Waals surface area contributed by atoms with Crippen LogP contribution in [0.15, 0.2) is 78.9 Å². The Hall–Kier alpha value is -3.11. The molecule has 2 atom stereocenters. The predicted octanol–water partition coefficient (Wildman–Crippen LogP) is 5.03. The summed E-state index contributed by atoms with van der Waals surface area (Å²) < 4.78 is 5.82. The summed E-state index contributed by atoms with van der Waals surface area (Å²) in [6.07, 6.45) is 0.547. The Labute approximate surface area is 183 Å². The molecule has 0 spiro atoms. The molecule has 0 saturated carbocycles. The molecule has 0 aromatic heterocycles. The van der Waals surface area contributed by atoms with Crippen molar-refractivity contribution < 1.29 is 14.6 Å². The average Bonchev–Trinajstić information content (AvgIpc) is 3.16. The average molecular weight is 414 g/mol. The topological polar surface area (TPSA) is 49.8 Å². The Kier molecular flexibility index (Phi) is 5.47. The van der Waals surface area contributed by atoms with Gasteiger partial charge < -0.3 is 14.7 Å². The summed E-state index contributed by atoms with van der Waals surface area (Å²) in [5, 5.41) is 9.96. The largest absolute Gasteiger partial charge is 0.448 e. The summed E-state index contributed by atoms with van der Waals surface area (Å²) in [6.45, 7) is 1.56. The van der Waals surface area contributed by atoms with Crippen molar-refractivity contribution in [1.29, 1.82) is 0 Å². The first-order valence-corrected chi connectivity index (χ1v) is 11.0. The summed E-state index contributed by atoms with van der Waals surface area (Å²) in [7, 11) is 0. The molecule has 1 saturated heterocycles. The van der Waals surface area contributed by atoms with E-state index in [1.165, 1.54) is 27.8 Å². The maximum absolute atomic E-state index is 12.9. The van der Waals surface area contributed by atoms with Crippen LogP contribution in [0, 0.1) is 5.92 Å². The molecule has 31 heavy (non-hydrogen) atoms. The Balaban J connectivity index is 1.27. The molecule has 3 aromatic rings. The lowest BCUT2D eigenvalue weighted by molar-refractivity contribution is 0.0638. The number of hydrogen-bond acceptors (Lipinski definition) is 3. The van der Waals surface area contributed by atoms with Crippen LogP contribution in [0.3, 0.4) is 0 Å². The third-order valence-electron chi connectivity index (χ3n) is 6.79. The van der Waals surface area contributed by atoms with Gasteiger partial charge in [-0.15, -0.1) is 0 Å². The maximum atomic E-state index is 12.9. The second-order valence-corrected chi connectivity index (χ2v) is 8.50. The normalized spacial score (nSPS) is 20.2. The third-order valence-corrected chi connectivity index (χ3v) is 6.79. The van der Waals surface area contributed by atoms with Crippen molar-refractivity contribution >= 4 is 6.09 Å². The molecule has 158 valence electrons. The number of carbonyl (C=O) groups is 1. The lowest BCUT2D eigenvalue weighted by Gasteiger charge is -2.37. The molecule has 4 nitrogen and oxygen atoms in total. The van der Waals surface area contributed by atoms with Gasteiger partial charge in [-0.2, -0.15) is 0 Å². The highest BCUT2D eigenvalue weighted by Gasteiger charge is 2.34. The summed E-state index contributed by atoms with van der Waals surface area (Å²) in [6, 6.07) is 27.0. The smallest absolute Gasteiger partial charge is 0.409 e. The third kappa shape index (κ3) is 3.72. The quantitative estimate of drug-likeness (QED) is 0.652. The van der Waals surface area contributed by atoms with Gasteiger partial charge in [0.2, 0.25) is 0 Å². The number of carbonyl (C=O) groups excluding carboxylic acids is 1. The molecule has 0 bridgehead atoms. The molecule has 2 aliphatic rings. The van der Waals surface area contributed by atoms with Gasteiger partial charge in [-0.1, -0.05) is 78.9 Å². The van der Waals surface area contributed by atoms with Crippen LogP contribution in [0.25, 0.3) is 11.1 Å². The number of fused-ring (bicyclic) bond motifs is 3. The molecule has 4 heteroatoms. The Morgan fingerprint density at radius 1 is 0.903 bits per heavy atom. The van der Waals surface area contributed by atoms with Crippen molar-refractivity contribution in [2.45, 2.75) is 18.3 Å². The first-order valence-electron chi connectivity index (χ1n) is 11.0. The minimum absolute atomic E-state index is 0.0247. The van der Waals surface area contributed by atoms with Crippen LogP contribution in [-0.4, -0.2) is 42.4 Å². The van der Waals surface area contributed by atoms with E-state index in [0.29, 0.717) is 19.7 Å². The van der Waals surface area contributed by atoms with Gasteiger partial charge in [-0.05, 0) is 40.2 Å². The molecule has 1 heterocycles. The van der Waals surface area contributed by atoms with Gasteiger partial charge in [-0.3, -0.25) is 0 Å². The molecule has 1 aliphatic heterocycles. The van der Waals surface area contributed by atoms with Crippen LogP contribution in [0.5, 0.6) is 0 Å². The Morgan fingerprint density at radius 3 is 2.16 bits per heavy atom. The van der Waals surface area contributed by atoms with E-state index in [4.69, 9.17) is 4.74 Å². The molecule has 3 aromatic carbocycles. The highest BCUT2D eigenvalue weighted by atomic mass is 16.6. The lowest BCUT2D eigenvalue weighted by atomic mass is 9.81.